The zero-order valence-electron chi connectivity index (χ0n) is 15.0. The molecule has 3 aromatic carbocycles. The molecule has 0 aliphatic heterocycles. The molecular weight excluding hydrogens is 322 g/mol. The molecule has 0 fully saturated rings. The second-order valence-corrected chi connectivity index (χ2v) is 6.05. The van der Waals surface area contributed by atoms with Crippen LogP contribution >= 0.6 is 0 Å². The van der Waals surface area contributed by atoms with Crippen molar-refractivity contribution in [3.05, 3.63) is 84.4 Å². The van der Waals surface area contributed by atoms with Crippen molar-refractivity contribution >= 4 is 23.3 Å². The van der Waals surface area contributed by atoms with Gasteiger partial charge < -0.3 is 9.64 Å². The first-order chi connectivity index (χ1) is 12.8. The van der Waals surface area contributed by atoms with E-state index in [1.807, 2.05) is 54.6 Å². The number of para-hydroxylation sites is 2. The largest absolute Gasteiger partial charge is 0.493 e. The lowest BCUT2D eigenvalue weighted by Gasteiger charge is -2.26. The van der Waals surface area contributed by atoms with Crippen LogP contribution in [0.2, 0.25) is 0 Å². The number of rotatable bonds is 8. The van der Waals surface area contributed by atoms with Gasteiger partial charge in [-0.3, -0.25) is 4.79 Å². The molecule has 0 radical (unpaired) electrons. The van der Waals surface area contributed by atoms with E-state index in [0.717, 1.165) is 36.2 Å². The van der Waals surface area contributed by atoms with Crippen LogP contribution in [0.4, 0.5) is 17.1 Å². The molecule has 0 unspecified atom stereocenters. The summed E-state index contributed by atoms with van der Waals surface area (Å²) in [5, 5.41) is 0. The molecule has 0 bridgehead atoms. The van der Waals surface area contributed by atoms with Crippen LogP contribution in [-0.4, -0.2) is 12.9 Å². The van der Waals surface area contributed by atoms with Gasteiger partial charge in [-0.05, 0) is 42.8 Å². The normalized spacial score (nSPS) is 10.3. The number of aldehydes is 1. The van der Waals surface area contributed by atoms with Crippen LogP contribution in [0.25, 0.3) is 0 Å². The number of anilines is 3. The third kappa shape index (κ3) is 4.12. The molecule has 0 saturated carbocycles. The van der Waals surface area contributed by atoms with Crippen LogP contribution in [0.15, 0.2) is 78.9 Å². The molecule has 0 spiro atoms. The topological polar surface area (TPSA) is 29.5 Å². The Balaban J connectivity index is 2.04. The van der Waals surface area contributed by atoms with Crippen molar-refractivity contribution in [2.75, 3.05) is 11.5 Å². The summed E-state index contributed by atoms with van der Waals surface area (Å²) < 4.78 is 5.87. The summed E-state index contributed by atoms with van der Waals surface area (Å²) in [7, 11) is 0. The van der Waals surface area contributed by atoms with Crippen molar-refractivity contribution in [1.82, 2.24) is 0 Å². The van der Waals surface area contributed by atoms with Crippen LogP contribution in [0, 0.1) is 0 Å². The fraction of sp³-hybridized carbons (Fsp3) is 0.174. The molecule has 0 N–H and O–H groups in total. The van der Waals surface area contributed by atoms with Crippen molar-refractivity contribution in [3.63, 3.8) is 0 Å². The Hall–Kier alpha value is -3.07. The molecule has 132 valence electrons. The maximum atomic E-state index is 11.4. The third-order valence-electron chi connectivity index (χ3n) is 4.17. The van der Waals surface area contributed by atoms with Gasteiger partial charge in [-0.15, -0.1) is 0 Å². The number of nitrogens with zero attached hydrogens (tertiary/aromatic N) is 1. The Morgan fingerprint density at radius 1 is 0.846 bits per heavy atom. The molecule has 0 amide bonds. The van der Waals surface area contributed by atoms with Crippen molar-refractivity contribution in [2.45, 2.75) is 19.8 Å². The SMILES string of the molecule is CCCCOc1cc(N(c2ccccc2)c2ccccc2)ccc1C=O. The zero-order chi connectivity index (χ0) is 18.2. The maximum absolute atomic E-state index is 11.4. The summed E-state index contributed by atoms with van der Waals surface area (Å²) in [5.74, 6) is 0.628. The maximum Gasteiger partial charge on any atom is 0.153 e. The predicted octanol–water partition coefficient (Wildman–Crippen LogP) is 6.15. The lowest BCUT2D eigenvalue weighted by molar-refractivity contribution is 0.111. The molecule has 26 heavy (non-hydrogen) atoms. The van der Waals surface area contributed by atoms with E-state index in [9.17, 15) is 4.79 Å². The van der Waals surface area contributed by atoms with E-state index >= 15 is 0 Å². The number of hydrogen-bond donors (Lipinski definition) is 0. The standard InChI is InChI=1S/C23H23NO2/c1-2-3-16-26-23-17-22(15-14-19(23)18-25)24(20-10-6-4-7-11-20)21-12-8-5-9-13-21/h4-15,17-18H,2-3,16H2,1H3. The van der Waals surface area contributed by atoms with Crippen LogP contribution in [0.3, 0.4) is 0 Å². The third-order valence-corrected chi connectivity index (χ3v) is 4.17. The molecule has 3 aromatic rings. The highest BCUT2D eigenvalue weighted by molar-refractivity contribution is 5.84. The predicted molar refractivity (Wildman–Crippen MR) is 107 cm³/mol. The lowest BCUT2D eigenvalue weighted by atomic mass is 10.1. The molecule has 0 aliphatic rings. The van der Waals surface area contributed by atoms with Gasteiger partial charge in [-0.2, -0.15) is 0 Å². The van der Waals surface area contributed by atoms with Crippen molar-refractivity contribution in [3.8, 4) is 5.75 Å². The van der Waals surface area contributed by atoms with Crippen molar-refractivity contribution in [2.24, 2.45) is 0 Å². The van der Waals surface area contributed by atoms with Gasteiger partial charge in [0.25, 0.3) is 0 Å². The monoisotopic (exact) mass is 345 g/mol. The summed E-state index contributed by atoms with van der Waals surface area (Å²) in [6.07, 6.45) is 2.86. The second kappa shape index (κ2) is 8.86. The highest BCUT2D eigenvalue weighted by Gasteiger charge is 2.14. The van der Waals surface area contributed by atoms with Crippen LogP contribution in [-0.2, 0) is 0 Å². The summed E-state index contributed by atoms with van der Waals surface area (Å²) in [4.78, 5) is 13.5. The number of benzene rings is 3. The number of carbonyl (C=O) groups is 1. The fourth-order valence-corrected chi connectivity index (χ4v) is 2.81. The van der Waals surface area contributed by atoms with Crippen molar-refractivity contribution < 1.29 is 9.53 Å². The van der Waals surface area contributed by atoms with E-state index in [0.29, 0.717) is 17.9 Å². The van der Waals surface area contributed by atoms with Gasteiger partial charge in [0.05, 0.1) is 12.2 Å². The molecule has 3 nitrogen and oxygen atoms in total. The van der Waals surface area contributed by atoms with Gasteiger partial charge in [0, 0.05) is 23.1 Å². The highest BCUT2D eigenvalue weighted by atomic mass is 16.5. The van der Waals surface area contributed by atoms with Crippen LogP contribution in [0.5, 0.6) is 5.75 Å². The minimum absolute atomic E-state index is 0.575. The van der Waals surface area contributed by atoms with Gasteiger partial charge in [0.2, 0.25) is 0 Å². The second-order valence-electron chi connectivity index (χ2n) is 6.05. The van der Waals surface area contributed by atoms with Gasteiger partial charge in [0.1, 0.15) is 5.75 Å². The van der Waals surface area contributed by atoms with E-state index in [4.69, 9.17) is 4.74 Å². The minimum Gasteiger partial charge on any atom is -0.493 e. The van der Waals surface area contributed by atoms with Crippen molar-refractivity contribution in [1.29, 1.82) is 0 Å². The lowest BCUT2D eigenvalue weighted by Crippen LogP contribution is -2.10. The first-order valence-electron chi connectivity index (χ1n) is 8.95. The Morgan fingerprint density at radius 2 is 1.46 bits per heavy atom. The summed E-state index contributed by atoms with van der Waals surface area (Å²) in [6, 6.07) is 26.1. The molecular formula is C23H23NO2. The van der Waals surface area contributed by atoms with E-state index in [1.165, 1.54) is 0 Å². The van der Waals surface area contributed by atoms with E-state index in [-0.39, 0.29) is 0 Å². The molecule has 0 atom stereocenters. The van der Waals surface area contributed by atoms with Crippen LogP contribution in [0.1, 0.15) is 30.1 Å². The average Bonchev–Trinajstić information content (AvgIpc) is 2.70. The highest BCUT2D eigenvalue weighted by Crippen LogP contribution is 2.36. The summed E-state index contributed by atoms with van der Waals surface area (Å²) >= 11 is 0. The van der Waals surface area contributed by atoms with Gasteiger partial charge >= 0.3 is 0 Å². The van der Waals surface area contributed by atoms with Gasteiger partial charge in [-0.25, -0.2) is 0 Å². The fourth-order valence-electron chi connectivity index (χ4n) is 2.81. The molecule has 0 aromatic heterocycles. The Kier molecular flexibility index (Phi) is 6.05. The zero-order valence-corrected chi connectivity index (χ0v) is 15.0. The number of hydrogen-bond acceptors (Lipinski definition) is 3. The summed E-state index contributed by atoms with van der Waals surface area (Å²) in [6.45, 7) is 2.73. The first-order valence-corrected chi connectivity index (χ1v) is 8.95. The van der Waals surface area contributed by atoms with Gasteiger partial charge in [-0.1, -0.05) is 49.7 Å². The Morgan fingerprint density at radius 3 is 2.00 bits per heavy atom. The quantitative estimate of drug-likeness (QED) is 0.362. The minimum atomic E-state index is 0.575. The molecule has 3 rings (SSSR count). The molecule has 0 heterocycles. The number of carbonyl (C=O) groups excluding carboxylic acids is 1. The Labute approximate surface area is 154 Å². The number of ether oxygens (including phenoxy) is 1. The first kappa shape index (κ1) is 17.7. The van der Waals surface area contributed by atoms with E-state index < -0.39 is 0 Å². The van der Waals surface area contributed by atoms with Gasteiger partial charge in [0.15, 0.2) is 6.29 Å². The molecule has 0 aliphatic carbocycles. The average molecular weight is 345 g/mol. The molecule has 3 heteroatoms. The smallest absolute Gasteiger partial charge is 0.153 e. The molecule has 0 saturated heterocycles. The van der Waals surface area contributed by atoms with Crippen LogP contribution < -0.4 is 9.64 Å². The Bertz CT molecular complexity index is 792. The van der Waals surface area contributed by atoms with E-state index in [1.54, 1.807) is 0 Å². The summed E-state index contributed by atoms with van der Waals surface area (Å²) in [5.41, 5.74) is 3.64. The number of unbranched alkanes of at least 4 members (excludes halogenated alkanes) is 1. The van der Waals surface area contributed by atoms with E-state index in [2.05, 4.69) is 36.1 Å².